The molecule has 0 aromatic heterocycles. The highest BCUT2D eigenvalue weighted by Gasteiger charge is 2.46. The number of ether oxygens (including phenoxy) is 1. The Labute approximate surface area is 625 Å². The molecule has 2 saturated carbocycles. The van der Waals surface area contributed by atoms with Crippen LogP contribution in [0, 0.1) is 35.5 Å². The average Bonchev–Trinajstić information content (AvgIpc) is 0.812. The maximum absolute atomic E-state index is 15.7. The number of aliphatic hydroxyl groups excluding tert-OH is 2. The van der Waals surface area contributed by atoms with Gasteiger partial charge in [-0.1, -0.05) is 120 Å². The molecule has 2 aliphatic heterocycles. The first-order valence-corrected chi connectivity index (χ1v) is 39.3. The van der Waals surface area contributed by atoms with Crippen LogP contribution in [-0.2, 0) is 62.3 Å². The number of likely N-dealkylation sites (N-methyl/N-ethyl adjacent to an activating group) is 6. The van der Waals surface area contributed by atoms with Gasteiger partial charge in [-0.2, -0.15) is 0 Å². The summed E-state index contributed by atoms with van der Waals surface area (Å²) in [6, 6.07) is -13.5. The third-order valence-electron chi connectivity index (χ3n) is 21.7. The molecule has 594 valence electrons. The lowest BCUT2D eigenvalue weighted by Gasteiger charge is -2.40. The minimum absolute atomic E-state index is 0.00299. The molecule has 0 radical (unpaired) electrons. The number of hydrogen-bond donors (Lipinski definition) is 6. The molecule has 2 heterocycles. The van der Waals surface area contributed by atoms with E-state index in [1.165, 1.54) is 92.5 Å². The Morgan fingerprint density at radius 2 is 1.07 bits per heavy atom. The van der Waals surface area contributed by atoms with E-state index in [2.05, 4.69) is 21.3 Å². The zero-order valence-electron chi connectivity index (χ0n) is 66.2. The molecule has 4 fully saturated rings. The van der Waals surface area contributed by atoms with Gasteiger partial charge >= 0.3 is 0 Å². The topological polar surface area (TPSA) is 329 Å². The molecule has 0 bridgehead atoms. The van der Waals surface area contributed by atoms with Gasteiger partial charge in [-0.3, -0.25) is 57.5 Å². The first-order valence-electron chi connectivity index (χ1n) is 38.8. The van der Waals surface area contributed by atoms with Crippen LogP contribution in [0.1, 0.15) is 218 Å². The number of likely N-dealkylation sites (tertiary alicyclic amines) is 1. The van der Waals surface area contributed by atoms with Gasteiger partial charge in [0.25, 0.3) is 0 Å². The molecule has 12 amide bonds. The number of nitrogens with zero attached hydrogens (tertiary/aromatic N) is 8. The van der Waals surface area contributed by atoms with Gasteiger partial charge in [0.15, 0.2) is 0 Å². The second-order valence-electron chi connectivity index (χ2n) is 31.9. The standard InChI is InChI=1S/C76H133ClN12O15/c1-19-21-33-89-43-64(93)83(14)59(37-47(5)6)68(95)79-57(73(100)88-34-26-23-27-35-88)42-63(92)82(13)51(11)67(94)80-58(45-104-44-50(10)90)72(99)85(16)61(38-48(7)8)74(101)84(15)60(41-54-31-28-32-55(77)39-54)69(96)78-56(36-46(3)4)71(98)86(17)62(40-53-29-24-22-25-30-53)75(102)87(18)66(49(9)20-2)70(97)81-65(52(12)91)76(89)103/h46-62,65-66,90-91H,19-45H2,1-18H3,(H,78,96)(H,79,95)(H,80,94)(H,81,97)/t49-,50+,51-,52+,54?,55?,56-,57-,58-,59-,60-,61-,62-,65-,66-/m0/s1. The van der Waals surface area contributed by atoms with Crippen molar-refractivity contribution in [2.75, 3.05) is 81.7 Å². The Morgan fingerprint density at radius 1 is 0.538 bits per heavy atom. The number of alkyl halides is 1. The van der Waals surface area contributed by atoms with Crippen molar-refractivity contribution < 1.29 is 72.5 Å². The summed E-state index contributed by atoms with van der Waals surface area (Å²) in [5.41, 5.74) is 0. The molecule has 4 aliphatic rings. The van der Waals surface area contributed by atoms with Gasteiger partial charge in [-0.25, -0.2) is 0 Å². The quantitative estimate of drug-likeness (QED) is 0.0817. The van der Waals surface area contributed by atoms with Crippen LogP contribution in [0.4, 0.5) is 0 Å². The van der Waals surface area contributed by atoms with Crippen molar-refractivity contribution in [3.63, 3.8) is 0 Å². The number of carbonyl (C=O) groups is 12. The molecule has 0 aromatic rings. The van der Waals surface area contributed by atoms with Crippen molar-refractivity contribution in [1.29, 1.82) is 0 Å². The number of aliphatic hydroxyl groups is 2. The number of halogens is 1. The van der Waals surface area contributed by atoms with E-state index in [1.54, 1.807) is 11.8 Å². The SMILES string of the molecule is CCCCN1CC(=O)N(C)[C@@H](CC(C)C)C(=O)N[C@H](C(=O)N2CCCCC2)CC(=O)N(C)[C@@H](C)C(=O)N[C@@H](COC[C@@H](C)O)C(=O)N(C)[C@@H](CC(C)C)C(=O)N(C)[C@@H](CC2CCCC(Cl)C2)C(=O)N[C@@H](CC(C)C)C(=O)N(C)[C@@H](CC2CCCCC2)C(=O)N(C)[C@@H]([C@@H](C)CC)C(=O)N[C@@H]([C@@H](C)O)C1=O. The summed E-state index contributed by atoms with van der Waals surface area (Å²) >= 11 is 6.82. The summed E-state index contributed by atoms with van der Waals surface area (Å²) in [5, 5.41) is 33.0. The Kier molecular flexibility index (Phi) is 37.8. The largest absolute Gasteiger partial charge is 0.391 e. The Bertz CT molecular complexity index is 2840. The average molecular weight is 1490 g/mol. The van der Waals surface area contributed by atoms with E-state index in [0.29, 0.717) is 58.0 Å². The van der Waals surface area contributed by atoms with Crippen LogP contribution in [0.5, 0.6) is 0 Å². The van der Waals surface area contributed by atoms with Crippen LogP contribution in [-0.4, -0.2) is 280 Å². The summed E-state index contributed by atoms with van der Waals surface area (Å²) in [7, 11) is 8.63. The van der Waals surface area contributed by atoms with E-state index in [1.807, 2.05) is 55.4 Å². The zero-order valence-corrected chi connectivity index (χ0v) is 67.0. The Morgan fingerprint density at radius 3 is 1.63 bits per heavy atom. The minimum Gasteiger partial charge on any atom is -0.391 e. The third kappa shape index (κ3) is 26.6. The highest BCUT2D eigenvalue weighted by atomic mass is 35.5. The number of amides is 12. The first-order chi connectivity index (χ1) is 48.9. The smallest absolute Gasteiger partial charge is 0.248 e. The molecule has 0 aromatic carbocycles. The van der Waals surface area contributed by atoms with Crippen LogP contribution < -0.4 is 21.3 Å². The van der Waals surface area contributed by atoms with E-state index in [9.17, 15) is 34.2 Å². The van der Waals surface area contributed by atoms with E-state index in [0.717, 1.165) is 56.3 Å². The number of piperidine rings is 1. The highest BCUT2D eigenvalue weighted by Crippen LogP contribution is 2.34. The normalized spacial score (nSPS) is 28.6. The summed E-state index contributed by atoms with van der Waals surface area (Å²) in [5.74, 6) is -9.79. The van der Waals surface area contributed by atoms with E-state index < -0.39 is 169 Å². The fraction of sp³-hybridized carbons (Fsp3) is 0.842. The summed E-state index contributed by atoms with van der Waals surface area (Å²) in [6.07, 6.45) is 8.10. The van der Waals surface area contributed by atoms with Crippen LogP contribution in [0.15, 0.2) is 0 Å². The van der Waals surface area contributed by atoms with E-state index in [4.69, 9.17) is 16.3 Å². The lowest BCUT2D eigenvalue weighted by atomic mass is 9.83. The van der Waals surface area contributed by atoms with E-state index in [-0.39, 0.29) is 80.2 Å². The van der Waals surface area contributed by atoms with Crippen LogP contribution in [0.2, 0.25) is 0 Å². The fourth-order valence-electron chi connectivity index (χ4n) is 14.9. The van der Waals surface area contributed by atoms with Crippen molar-refractivity contribution in [2.45, 2.75) is 296 Å². The maximum Gasteiger partial charge on any atom is 0.248 e. The maximum atomic E-state index is 15.7. The van der Waals surface area contributed by atoms with Crippen molar-refractivity contribution in [2.24, 2.45) is 35.5 Å². The van der Waals surface area contributed by atoms with E-state index >= 15 is 33.6 Å². The fourth-order valence-corrected chi connectivity index (χ4v) is 15.3. The second kappa shape index (κ2) is 43.6. The van der Waals surface area contributed by atoms with Gasteiger partial charge in [0.05, 0.1) is 38.4 Å². The molecule has 27 nitrogen and oxygen atoms in total. The molecule has 2 unspecified atom stereocenters. The Balaban J connectivity index is 2.01. The molecule has 2 aliphatic carbocycles. The Hall–Kier alpha value is -6.19. The lowest BCUT2D eigenvalue weighted by Crippen LogP contribution is -2.63. The summed E-state index contributed by atoms with van der Waals surface area (Å²) in [4.78, 5) is 192. The number of nitrogens with one attached hydrogen (secondary N) is 4. The van der Waals surface area contributed by atoms with Crippen LogP contribution in [0.3, 0.4) is 0 Å². The van der Waals surface area contributed by atoms with Gasteiger partial charge in [0.2, 0.25) is 70.9 Å². The molecule has 28 heteroatoms. The lowest BCUT2D eigenvalue weighted by molar-refractivity contribution is -0.153. The van der Waals surface area contributed by atoms with Gasteiger partial charge in [0, 0.05) is 67.3 Å². The molecule has 15 atom stereocenters. The molecule has 0 spiro atoms. The predicted octanol–water partition coefficient (Wildman–Crippen LogP) is 5.07. The van der Waals surface area contributed by atoms with Crippen LogP contribution in [0.25, 0.3) is 0 Å². The second-order valence-corrected chi connectivity index (χ2v) is 32.5. The molecule has 6 N–H and O–H groups in total. The molecular weight excluding hydrogens is 1360 g/mol. The van der Waals surface area contributed by atoms with Gasteiger partial charge in [0.1, 0.15) is 60.4 Å². The van der Waals surface area contributed by atoms with Crippen molar-refractivity contribution in [3.05, 3.63) is 0 Å². The van der Waals surface area contributed by atoms with Gasteiger partial charge in [-0.05, 0) is 127 Å². The van der Waals surface area contributed by atoms with Crippen molar-refractivity contribution >= 4 is 82.5 Å². The molecule has 2 saturated heterocycles. The first kappa shape index (κ1) is 90.2. The predicted molar refractivity (Wildman–Crippen MR) is 399 cm³/mol. The minimum atomic E-state index is -1.65. The number of unbranched alkanes of at least 4 members (excludes halogenated alkanes) is 1. The van der Waals surface area contributed by atoms with Gasteiger partial charge < -0.3 is 75.4 Å². The summed E-state index contributed by atoms with van der Waals surface area (Å²) < 4.78 is 5.82. The summed E-state index contributed by atoms with van der Waals surface area (Å²) in [6.45, 7) is 20.3. The van der Waals surface area contributed by atoms with Crippen LogP contribution >= 0.6 is 11.6 Å². The zero-order chi connectivity index (χ0) is 78.1. The molecule has 4 rings (SSSR count). The number of carbonyl (C=O) groups excluding carboxylic acids is 12. The monoisotopic (exact) mass is 1490 g/mol. The van der Waals surface area contributed by atoms with Gasteiger partial charge in [-0.15, -0.1) is 11.6 Å². The number of rotatable bonds is 21. The van der Waals surface area contributed by atoms with Crippen molar-refractivity contribution in [1.82, 2.24) is 60.5 Å². The third-order valence-corrected chi connectivity index (χ3v) is 22.1. The molecule has 104 heavy (non-hydrogen) atoms. The number of hydrogen-bond acceptors (Lipinski definition) is 15. The molecular formula is C76H133ClN12O15. The van der Waals surface area contributed by atoms with Crippen molar-refractivity contribution in [3.8, 4) is 0 Å². The highest BCUT2D eigenvalue weighted by molar-refractivity contribution is 6.20.